The van der Waals surface area contributed by atoms with Crippen molar-refractivity contribution in [2.75, 3.05) is 0 Å². The molecule has 1 N–H and O–H groups in total. The Morgan fingerprint density at radius 1 is 0.844 bits per heavy atom. The van der Waals surface area contributed by atoms with Crippen LogP contribution in [0.15, 0.2) is 12.1 Å². The van der Waals surface area contributed by atoms with Gasteiger partial charge >= 0.3 is 11.9 Å². The molecule has 2 aromatic carbocycles. The molecule has 174 valence electrons. The molecule has 0 unspecified atom stereocenters. The van der Waals surface area contributed by atoms with Crippen molar-refractivity contribution in [2.45, 2.75) is 87.0 Å². The molecule has 2 rings (SSSR count). The number of hydrogen-bond donors (Lipinski definition) is 1. The molecule has 0 atom stereocenters. The average Bonchev–Trinajstić information content (AvgIpc) is 2.72. The van der Waals surface area contributed by atoms with Gasteiger partial charge in [0.2, 0.25) is 0 Å². The van der Waals surface area contributed by atoms with Gasteiger partial charge in [0.15, 0.2) is 0 Å². The number of rotatable bonds is 6. The number of benzene rings is 2. The Kier molecular flexibility index (Phi) is 7.76. The van der Waals surface area contributed by atoms with Crippen molar-refractivity contribution in [3.8, 4) is 17.2 Å². The summed E-state index contributed by atoms with van der Waals surface area (Å²) < 4.78 is 11.3. The van der Waals surface area contributed by atoms with E-state index in [1.54, 1.807) is 6.92 Å². The van der Waals surface area contributed by atoms with Crippen molar-refractivity contribution in [1.29, 1.82) is 0 Å². The molecule has 0 fully saturated rings. The van der Waals surface area contributed by atoms with E-state index in [1.165, 1.54) is 0 Å². The molecule has 0 heterocycles. The molecule has 5 heteroatoms. The molecular weight excluding hydrogens is 404 g/mol. The van der Waals surface area contributed by atoms with Gasteiger partial charge in [-0.2, -0.15) is 0 Å². The first-order chi connectivity index (χ1) is 14.8. The largest absolute Gasteiger partial charge is 0.507 e. The molecule has 32 heavy (non-hydrogen) atoms. The highest BCUT2D eigenvalue weighted by Crippen LogP contribution is 2.38. The van der Waals surface area contributed by atoms with E-state index in [-0.39, 0.29) is 23.8 Å². The first-order valence-corrected chi connectivity index (χ1v) is 11.1. The maximum atomic E-state index is 12.7. The quantitative estimate of drug-likeness (QED) is 0.435. The average molecular weight is 441 g/mol. The first kappa shape index (κ1) is 25.4. The lowest BCUT2D eigenvalue weighted by Crippen LogP contribution is -2.15. The molecule has 0 radical (unpaired) electrons. The van der Waals surface area contributed by atoms with Gasteiger partial charge in [-0.25, -0.2) is 0 Å². The Hall–Kier alpha value is -2.82. The molecule has 5 nitrogen and oxygen atoms in total. The van der Waals surface area contributed by atoms with E-state index in [1.807, 2.05) is 46.8 Å². The Morgan fingerprint density at radius 3 is 1.75 bits per heavy atom. The van der Waals surface area contributed by atoms with Crippen molar-refractivity contribution in [1.82, 2.24) is 0 Å². The number of aromatic hydroxyl groups is 1. The fourth-order valence-electron chi connectivity index (χ4n) is 3.72. The van der Waals surface area contributed by atoms with Crippen molar-refractivity contribution < 1.29 is 24.2 Å². The number of ether oxygens (including phenoxy) is 2. The lowest BCUT2D eigenvalue weighted by molar-refractivity contribution is -0.135. The second kappa shape index (κ2) is 9.76. The number of aryl methyl sites for hydroxylation is 2. The third-order valence-corrected chi connectivity index (χ3v) is 5.99. The van der Waals surface area contributed by atoms with Gasteiger partial charge in [-0.15, -0.1) is 0 Å². The van der Waals surface area contributed by atoms with Gasteiger partial charge in [-0.3, -0.25) is 9.59 Å². The Balaban J connectivity index is 2.23. The maximum Gasteiger partial charge on any atom is 0.311 e. The first-order valence-electron chi connectivity index (χ1n) is 11.1. The third-order valence-electron chi connectivity index (χ3n) is 5.99. The molecule has 0 aliphatic carbocycles. The lowest BCUT2D eigenvalue weighted by Gasteiger charge is -2.22. The van der Waals surface area contributed by atoms with Crippen LogP contribution in [0, 0.1) is 34.6 Å². The van der Waals surface area contributed by atoms with Crippen molar-refractivity contribution in [3.63, 3.8) is 0 Å². The third kappa shape index (κ3) is 5.50. The number of carbonyl (C=O) groups is 2. The van der Waals surface area contributed by atoms with Gasteiger partial charge < -0.3 is 14.6 Å². The van der Waals surface area contributed by atoms with Gasteiger partial charge in [-0.05, 0) is 85.4 Å². The molecule has 0 saturated carbocycles. The van der Waals surface area contributed by atoms with Crippen LogP contribution in [0.2, 0.25) is 0 Å². The summed E-state index contributed by atoms with van der Waals surface area (Å²) in [6, 6.07) is 3.89. The molecule has 0 aliphatic rings. The van der Waals surface area contributed by atoms with Crippen LogP contribution in [0.5, 0.6) is 17.2 Å². The second-order valence-corrected chi connectivity index (χ2v) is 9.52. The maximum absolute atomic E-state index is 12.7. The van der Waals surface area contributed by atoms with E-state index in [0.29, 0.717) is 30.1 Å². The van der Waals surface area contributed by atoms with Crippen LogP contribution in [0.1, 0.15) is 79.5 Å². The van der Waals surface area contributed by atoms with Crippen molar-refractivity contribution in [3.05, 3.63) is 51.1 Å². The molecule has 0 amide bonds. The summed E-state index contributed by atoms with van der Waals surface area (Å²) >= 11 is 0. The number of phenols is 1. The van der Waals surface area contributed by atoms with Gasteiger partial charge in [0.25, 0.3) is 0 Å². The predicted octanol–water partition coefficient (Wildman–Crippen LogP) is 6.09. The minimum Gasteiger partial charge on any atom is -0.507 e. The Labute approximate surface area is 191 Å². The van der Waals surface area contributed by atoms with Crippen LogP contribution in [0.25, 0.3) is 0 Å². The fraction of sp³-hybridized carbons (Fsp3) is 0.481. The Bertz CT molecular complexity index is 1010. The number of esters is 2. The highest BCUT2D eigenvalue weighted by Gasteiger charge is 2.22. The van der Waals surface area contributed by atoms with Gasteiger partial charge in [0, 0.05) is 12.8 Å². The summed E-state index contributed by atoms with van der Waals surface area (Å²) in [6.45, 7) is 17.3. The van der Waals surface area contributed by atoms with E-state index in [0.717, 1.165) is 38.9 Å². The highest BCUT2D eigenvalue weighted by molar-refractivity contribution is 5.76. The van der Waals surface area contributed by atoms with E-state index in [2.05, 4.69) is 20.8 Å². The van der Waals surface area contributed by atoms with Gasteiger partial charge in [-0.1, -0.05) is 39.8 Å². The number of carbonyl (C=O) groups excluding carboxylic acids is 2. The molecule has 2 aromatic rings. The van der Waals surface area contributed by atoms with Crippen LogP contribution < -0.4 is 9.47 Å². The minimum absolute atomic E-state index is 0.197. The van der Waals surface area contributed by atoms with E-state index >= 15 is 0 Å². The van der Waals surface area contributed by atoms with Crippen molar-refractivity contribution in [2.24, 2.45) is 0 Å². The summed E-state index contributed by atoms with van der Waals surface area (Å²) in [5.41, 5.74) is 5.63. The molecule has 0 spiro atoms. The van der Waals surface area contributed by atoms with Crippen LogP contribution in [0.4, 0.5) is 0 Å². The Morgan fingerprint density at radius 2 is 1.31 bits per heavy atom. The summed E-state index contributed by atoms with van der Waals surface area (Å²) in [4.78, 5) is 24.5. The fourth-order valence-corrected chi connectivity index (χ4v) is 3.72. The smallest absolute Gasteiger partial charge is 0.311 e. The lowest BCUT2D eigenvalue weighted by atomic mass is 9.83. The van der Waals surface area contributed by atoms with E-state index in [4.69, 9.17) is 9.47 Å². The molecule has 0 saturated heterocycles. The predicted molar refractivity (Wildman–Crippen MR) is 127 cm³/mol. The zero-order valence-corrected chi connectivity index (χ0v) is 20.9. The summed E-state index contributed by atoms with van der Waals surface area (Å²) in [6.07, 6.45) is 1.03. The van der Waals surface area contributed by atoms with Crippen LogP contribution in [-0.4, -0.2) is 17.0 Å². The van der Waals surface area contributed by atoms with Gasteiger partial charge in [0.05, 0.1) is 0 Å². The van der Waals surface area contributed by atoms with Crippen LogP contribution >= 0.6 is 0 Å². The zero-order valence-electron chi connectivity index (χ0n) is 20.9. The summed E-state index contributed by atoms with van der Waals surface area (Å²) in [5, 5.41) is 10.4. The minimum atomic E-state index is -0.323. The molecule has 0 aliphatic heterocycles. The standard InChI is InChI=1S/C27H36O5/c1-10-22(28)31-25-16(3)18(5)26(19(6)17(25)4)32-23(29)12-11-20-13-15(2)24(30)21(14-20)27(7,8)9/h13-14,30H,10-12H2,1-9H3. The van der Waals surface area contributed by atoms with Gasteiger partial charge in [0.1, 0.15) is 17.2 Å². The normalized spacial score (nSPS) is 11.4. The second-order valence-electron chi connectivity index (χ2n) is 9.52. The van der Waals surface area contributed by atoms with Crippen molar-refractivity contribution >= 4 is 11.9 Å². The van der Waals surface area contributed by atoms with Crippen LogP contribution in [0.3, 0.4) is 0 Å². The zero-order chi connectivity index (χ0) is 24.4. The monoisotopic (exact) mass is 440 g/mol. The summed E-state index contributed by atoms with van der Waals surface area (Å²) in [5.74, 6) is 0.763. The van der Waals surface area contributed by atoms with E-state index < -0.39 is 0 Å². The molecular formula is C27H36O5. The molecule has 0 bridgehead atoms. The van der Waals surface area contributed by atoms with E-state index in [9.17, 15) is 14.7 Å². The molecule has 0 aromatic heterocycles. The number of phenolic OH excluding ortho intramolecular Hbond substituents is 1. The topological polar surface area (TPSA) is 72.8 Å². The van der Waals surface area contributed by atoms with Crippen LogP contribution in [-0.2, 0) is 21.4 Å². The highest BCUT2D eigenvalue weighted by atomic mass is 16.5. The number of hydrogen-bond acceptors (Lipinski definition) is 5. The SMILES string of the molecule is CCC(=O)Oc1c(C)c(C)c(OC(=O)CCc2cc(C)c(O)c(C(C)(C)C)c2)c(C)c1C. The summed E-state index contributed by atoms with van der Waals surface area (Å²) in [7, 11) is 0.